The third-order valence-electron chi connectivity index (χ3n) is 5.09. The summed E-state index contributed by atoms with van der Waals surface area (Å²) in [6.45, 7) is 6.32. The summed E-state index contributed by atoms with van der Waals surface area (Å²) in [4.78, 5) is 49.8. The zero-order valence-corrected chi connectivity index (χ0v) is 21.6. The molecule has 3 heterocycles. The number of halogens is 1. The fraction of sp³-hybridized carbons (Fsp3) is 0.636. The van der Waals surface area contributed by atoms with Crippen LogP contribution in [-0.2, 0) is 28.6 Å². The van der Waals surface area contributed by atoms with Crippen LogP contribution in [0.2, 0.25) is 0 Å². The second kappa shape index (κ2) is 10.9. The van der Waals surface area contributed by atoms with E-state index in [4.69, 9.17) is 17.0 Å². The molecule has 0 saturated carbocycles. The highest BCUT2D eigenvalue weighted by molar-refractivity contribution is 14.1. The lowest BCUT2D eigenvalue weighted by Gasteiger charge is -2.20. The van der Waals surface area contributed by atoms with Crippen LogP contribution in [0.5, 0.6) is 0 Å². The number of hydrogen-bond acceptors (Lipinski definition) is 9. The van der Waals surface area contributed by atoms with E-state index >= 15 is 0 Å². The van der Waals surface area contributed by atoms with Crippen molar-refractivity contribution in [3.8, 4) is 0 Å². The van der Waals surface area contributed by atoms with Gasteiger partial charge in [-0.05, 0) is 22.6 Å². The zero-order valence-electron chi connectivity index (χ0n) is 21.5. The van der Waals surface area contributed by atoms with Gasteiger partial charge in [0.25, 0.3) is 0 Å². The molecule has 0 radical (unpaired) electrons. The molecule has 1 N–H and O–H groups in total. The van der Waals surface area contributed by atoms with Crippen LogP contribution in [0.25, 0.3) is 11.2 Å². The first-order valence-electron chi connectivity index (χ1n) is 12.3. The molecular formula is C22H30IN5O6. The summed E-state index contributed by atoms with van der Waals surface area (Å²) < 4.78 is 34.1. The second-order valence-corrected chi connectivity index (χ2v) is 9.60. The molecule has 2 aromatic heterocycles. The molecule has 5 atom stereocenters. The van der Waals surface area contributed by atoms with E-state index in [9.17, 15) is 14.4 Å². The number of hydrogen-bond donors (Lipinski definition) is 1. The van der Waals surface area contributed by atoms with E-state index in [1.54, 1.807) is 32.3 Å². The quantitative estimate of drug-likeness (QED) is 0.280. The van der Waals surface area contributed by atoms with E-state index in [1.165, 1.54) is 6.33 Å². The van der Waals surface area contributed by atoms with Crippen molar-refractivity contribution in [2.75, 3.05) is 11.9 Å². The molecule has 1 aliphatic rings. The van der Waals surface area contributed by atoms with Crippen molar-refractivity contribution in [1.29, 1.82) is 0 Å². The number of carbonyl (C=O) groups excluding carboxylic acids is 3. The number of amides is 1. The highest BCUT2D eigenvalue weighted by Gasteiger charge is 2.41. The van der Waals surface area contributed by atoms with Crippen LogP contribution in [0, 0.1) is 21.5 Å². The Labute approximate surface area is 214 Å². The highest BCUT2D eigenvalue weighted by atomic mass is 127. The van der Waals surface area contributed by atoms with Crippen LogP contribution in [0.4, 0.5) is 5.95 Å². The van der Waals surface area contributed by atoms with Crippen LogP contribution in [-0.4, -0.2) is 56.2 Å². The number of nitrogens with zero attached hydrogens (tertiary/aromatic N) is 4. The average Bonchev–Trinajstić information content (AvgIpc) is 3.45. The molecule has 34 heavy (non-hydrogen) atoms. The number of ether oxygens (including phenoxy) is 3. The number of nitrogens with one attached hydrogen (secondary N) is 1. The van der Waals surface area contributed by atoms with Crippen molar-refractivity contribution in [2.24, 2.45) is 17.8 Å². The number of carbonyl (C=O) groups is 3. The first kappa shape index (κ1) is 23.4. The minimum atomic E-state index is -0.766. The molecule has 1 saturated heterocycles. The van der Waals surface area contributed by atoms with Gasteiger partial charge in [0.2, 0.25) is 11.9 Å². The van der Waals surface area contributed by atoms with Crippen molar-refractivity contribution in [2.45, 2.75) is 66.4 Å². The lowest BCUT2D eigenvalue weighted by atomic mass is 10.1. The molecule has 0 aromatic carbocycles. The van der Waals surface area contributed by atoms with Gasteiger partial charge in [0.15, 0.2) is 5.65 Å². The Bertz CT molecular complexity index is 1120. The third kappa shape index (κ3) is 6.01. The molecule has 0 bridgehead atoms. The number of rotatable bonds is 8. The largest absolute Gasteiger partial charge is 0.463 e. The lowest BCUT2D eigenvalue weighted by molar-refractivity contribution is -0.162. The normalized spacial score (nSPS) is 22.7. The highest BCUT2D eigenvalue weighted by Crippen LogP contribution is 2.34. The molecular weight excluding hydrogens is 557 g/mol. The summed E-state index contributed by atoms with van der Waals surface area (Å²) in [5.41, 5.74) is 0.931. The smallest absolute Gasteiger partial charge is 0.308 e. The number of esters is 2. The van der Waals surface area contributed by atoms with Gasteiger partial charge in [0, 0.05) is 15.1 Å². The monoisotopic (exact) mass is 589 g/mol. The van der Waals surface area contributed by atoms with Crippen molar-refractivity contribution < 1.29 is 31.3 Å². The van der Waals surface area contributed by atoms with E-state index in [1.807, 2.05) is 22.6 Å². The molecule has 1 aliphatic heterocycles. The fourth-order valence-corrected chi connectivity index (χ4v) is 3.73. The van der Waals surface area contributed by atoms with Gasteiger partial charge < -0.3 is 14.2 Å². The topological polar surface area (TPSA) is 135 Å². The van der Waals surface area contributed by atoms with Gasteiger partial charge in [-0.3, -0.25) is 24.3 Å². The zero-order chi connectivity index (χ0) is 26.6. The standard InChI is InChI=1S/C22H30IN5O6/c1-10(2)19(29)27-22-25-17(23)16-18(26-22)28(9-24-16)15-7-13(34-21(31)12(5)6)14(33-15)8-32-20(30)11(3)4/h9-15H,7-8H2,1-6H3,(H,25,26,27,29)/t13-,14+,15?/m0/s1/i3D,5D/t11?,12?,13-,14+,15?. The van der Waals surface area contributed by atoms with Gasteiger partial charge in [0.1, 0.15) is 34.3 Å². The van der Waals surface area contributed by atoms with Crippen molar-refractivity contribution in [3.63, 3.8) is 0 Å². The van der Waals surface area contributed by atoms with E-state index in [2.05, 4.69) is 20.3 Å². The fourth-order valence-electron chi connectivity index (χ4n) is 3.12. The molecule has 0 spiro atoms. The summed E-state index contributed by atoms with van der Waals surface area (Å²) in [5.74, 6) is -2.65. The third-order valence-corrected chi connectivity index (χ3v) is 5.84. The van der Waals surface area contributed by atoms with E-state index in [-0.39, 0.29) is 44.6 Å². The molecule has 3 rings (SSSR count). The second-order valence-electron chi connectivity index (χ2n) is 8.58. The Kier molecular flexibility index (Phi) is 7.52. The van der Waals surface area contributed by atoms with Crippen molar-refractivity contribution in [3.05, 3.63) is 10.0 Å². The van der Waals surface area contributed by atoms with Crippen molar-refractivity contribution in [1.82, 2.24) is 19.5 Å². The van der Waals surface area contributed by atoms with Crippen LogP contribution in [0.1, 0.15) is 56.9 Å². The molecule has 3 unspecified atom stereocenters. The van der Waals surface area contributed by atoms with Gasteiger partial charge in [-0.15, -0.1) is 0 Å². The molecule has 1 fully saturated rings. The lowest BCUT2D eigenvalue weighted by Crippen LogP contribution is -2.33. The van der Waals surface area contributed by atoms with Gasteiger partial charge in [-0.25, -0.2) is 9.97 Å². The SMILES string of the molecule is [2H]CC(C)C(=O)OC[C@H]1OC(n2cnc3c(I)nc(NC(=O)C(C)C)nc32)C[C@@H]1OC(=O)C(C)C[2H]. The van der Waals surface area contributed by atoms with Gasteiger partial charge >= 0.3 is 11.9 Å². The van der Waals surface area contributed by atoms with E-state index in [0.29, 0.717) is 14.9 Å². The Morgan fingerprint density at radius 2 is 1.91 bits per heavy atom. The van der Waals surface area contributed by atoms with Gasteiger partial charge in [-0.2, -0.15) is 4.98 Å². The molecule has 11 nitrogen and oxygen atoms in total. The molecule has 1 amide bonds. The Balaban J connectivity index is 1.86. The number of fused-ring (bicyclic) bond motifs is 1. The minimum Gasteiger partial charge on any atom is -0.463 e. The molecule has 0 aliphatic carbocycles. The molecule has 12 heteroatoms. The number of imidazole rings is 1. The summed E-state index contributed by atoms with van der Waals surface area (Å²) in [7, 11) is 0. The predicted octanol–water partition coefficient (Wildman–Crippen LogP) is 3.08. The Morgan fingerprint density at radius 3 is 2.59 bits per heavy atom. The van der Waals surface area contributed by atoms with Crippen LogP contribution in [0.15, 0.2) is 6.33 Å². The first-order valence-corrected chi connectivity index (χ1v) is 12.0. The number of anilines is 1. The predicted molar refractivity (Wildman–Crippen MR) is 131 cm³/mol. The van der Waals surface area contributed by atoms with E-state index in [0.717, 1.165) is 0 Å². The minimum absolute atomic E-state index is 0.110. The van der Waals surface area contributed by atoms with Gasteiger partial charge in [-0.1, -0.05) is 41.5 Å². The van der Waals surface area contributed by atoms with Crippen LogP contribution >= 0.6 is 22.6 Å². The van der Waals surface area contributed by atoms with Crippen molar-refractivity contribution >= 4 is 57.5 Å². The maximum atomic E-state index is 12.4. The molecule has 186 valence electrons. The Morgan fingerprint density at radius 1 is 1.21 bits per heavy atom. The van der Waals surface area contributed by atoms with Crippen LogP contribution in [0.3, 0.4) is 0 Å². The summed E-state index contributed by atoms with van der Waals surface area (Å²) in [6, 6.07) is 0. The summed E-state index contributed by atoms with van der Waals surface area (Å²) >= 11 is 2.01. The van der Waals surface area contributed by atoms with Crippen LogP contribution < -0.4 is 5.32 Å². The first-order chi connectivity index (χ1) is 17.0. The van der Waals surface area contributed by atoms with E-state index < -0.39 is 42.2 Å². The maximum Gasteiger partial charge on any atom is 0.308 e. The maximum absolute atomic E-state index is 12.4. The molecule has 2 aromatic rings. The Hall–Kier alpha value is -2.35. The summed E-state index contributed by atoms with van der Waals surface area (Å²) in [6.07, 6.45) is -0.406. The summed E-state index contributed by atoms with van der Waals surface area (Å²) in [5, 5.41) is 2.69. The average molecular weight is 589 g/mol. The number of aromatic nitrogens is 4. The van der Waals surface area contributed by atoms with Gasteiger partial charge in [0.05, 0.1) is 18.2 Å².